The quantitative estimate of drug-likeness (QED) is 0.769. The summed E-state index contributed by atoms with van der Waals surface area (Å²) < 4.78 is 26.5. The Morgan fingerprint density at radius 2 is 1.67 bits per heavy atom. The molecule has 0 bridgehead atoms. The van der Waals surface area contributed by atoms with Crippen LogP contribution in [0.1, 0.15) is 25.3 Å². The average molecular weight is 392 g/mol. The summed E-state index contributed by atoms with van der Waals surface area (Å²) in [7, 11) is -3.46. The summed E-state index contributed by atoms with van der Waals surface area (Å²) in [5.41, 5.74) is 0.853. The van der Waals surface area contributed by atoms with E-state index in [1.165, 1.54) is 9.71 Å². The lowest BCUT2D eigenvalue weighted by atomic mass is 9.99. The number of rotatable bonds is 5. The molecule has 0 radical (unpaired) electrons. The van der Waals surface area contributed by atoms with E-state index in [2.05, 4.69) is 11.8 Å². The molecule has 0 aromatic heterocycles. The van der Waals surface area contributed by atoms with E-state index in [0.717, 1.165) is 37.4 Å². The van der Waals surface area contributed by atoms with E-state index in [4.69, 9.17) is 0 Å². The molecule has 1 aromatic carbocycles. The molecule has 2 aliphatic rings. The van der Waals surface area contributed by atoms with Gasteiger partial charge in [-0.15, -0.1) is 0 Å². The zero-order valence-corrected chi connectivity index (χ0v) is 16.8. The number of carbonyl (C=O) groups excluding carboxylic acids is 1. The molecule has 1 amide bonds. The largest absolute Gasteiger partial charge is 0.339 e. The molecule has 27 heavy (non-hydrogen) atoms. The number of piperazine rings is 1. The highest BCUT2D eigenvalue weighted by atomic mass is 32.2. The van der Waals surface area contributed by atoms with Crippen molar-refractivity contribution in [3.05, 3.63) is 41.3 Å². The van der Waals surface area contributed by atoms with E-state index in [-0.39, 0.29) is 5.91 Å². The molecule has 2 fully saturated rings. The first-order valence-electron chi connectivity index (χ1n) is 9.67. The molecule has 0 aliphatic carbocycles. The van der Waals surface area contributed by atoms with E-state index < -0.39 is 10.0 Å². The molecule has 2 aliphatic heterocycles. The molecule has 0 spiro atoms. The first kappa shape index (κ1) is 20.0. The van der Waals surface area contributed by atoms with Gasteiger partial charge in [-0.05, 0) is 43.5 Å². The maximum atomic E-state index is 12.5. The maximum absolute atomic E-state index is 12.5. The van der Waals surface area contributed by atoms with Gasteiger partial charge in [0.05, 0.1) is 6.54 Å². The minimum Gasteiger partial charge on any atom is -0.339 e. The fourth-order valence-electron chi connectivity index (χ4n) is 3.52. The van der Waals surface area contributed by atoms with Crippen molar-refractivity contribution in [2.45, 2.75) is 19.8 Å². The third-order valence-electron chi connectivity index (χ3n) is 5.42. The van der Waals surface area contributed by atoms with Gasteiger partial charge < -0.3 is 4.90 Å². The predicted molar refractivity (Wildman–Crippen MR) is 107 cm³/mol. The van der Waals surface area contributed by atoms with E-state index in [1.54, 1.807) is 11.0 Å². The van der Waals surface area contributed by atoms with Crippen LogP contribution in [0.15, 0.2) is 35.7 Å². The highest BCUT2D eigenvalue weighted by Gasteiger charge is 2.28. The topological polar surface area (TPSA) is 60.9 Å². The molecule has 6 nitrogen and oxygen atoms in total. The minimum absolute atomic E-state index is 0.112. The van der Waals surface area contributed by atoms with E-state index in [1.807, 2.05) is 30.3 Å². The number of amides is 1. The molecule has 148 valence electrons. The van der Waals surface area contributed by atoms with Crippen molar-refractivity contribution in [3.63, 3.8) is 0 Å². The fourth-order valence-corrected chi connectivity index (χ4v) is 4.69. The Labute approximate surface area is 162 Å². The third kappa shape index (κ3) is 5.64. The highest BCUT2D eigenvalue weighted by molar-refractivity contribution is 7.92. The van der Waals surface area contributed by atoms with Crippen LogP contribution in [0.2, 0.25) is 0 Å². The van der Waals surface area contributed by atoms with Gasteiger partial charge in [0.15, 0.2) is 0 Å². The second kappa shape index (κ2) is 8.99. The molecule has 0 N–H and O–H groups in total. The average Bonchev–Trinajstić information content (AvgIpc) is 2.69. The van der Waals surface area contributed by atoms with Crippen molar-refractivity contribution < 1.29 is 13.2 Å². The Morgan fingerprint density at radius 3 is 2.30 bits per heavy atom. The molecule has 7 heteroatoms. The van der Waals surface area contributed by atoms with Gasteiger partial charge in [-0.3, -0.25) is 9.69 Å². The van der Waals surface area contributed by atoms with Crippen LogP contribution in [0, 0.1) is 5.92 Å². The van der Waals surface area contributed by atoms with Gasteiger partial charge in [0, 0.05) is 31.6 Å². The number of piperidine rings is 1. The van der Waals surface area contributed by atoms with Gasteiger partial charge >= 0.3 is 0 Å². The van der Waals surface area contributed by atoms with Crippen LogP contribution in [-0.4, -0.2) is 74.2 Å². The second-order valence-electron chi connectivity index (χ2n) is 7.50. The van der Waals surface area contributed by atoms with Crippen molar-refractivity contribution in [2.24, 2.45) is 5.92 Å². The van der Waals surface area contributed by atoms with Crippen LogP contribution in [0.25, 0.3) is 6.08 Å². The van der Waals surface area contributed by atoms with Gasteiger partial charge in [0.1, 0.15) is 0 Å². The van der Waals surface area contributed by atoms with E-state index >= 15 is 0 Å². The molecule has 1 aromatic rings. The van der Waals surface area contributed by atoms with Crippen LogP contribution in [0.4, 0.5) is 0 Å². The monoisotopic (exact) mass is 391 g/mol. The van der Waals surface area contributed by atoms with Gasteiger partial charge in [-0.2, -0.15) is 4.31 Å². The van der Waals surface area contributed by atoms with E-state index in [0.29, 0.717) is 32.7 Å². The Bertz CT molecular complexity index is 748. The normalized spacial score (nSPS) is 21.0. The van der Waals surface area contributed by atoms with E-state index in [9.17, 15) is 13.2 Å². The van der Waals surface area contributed by atoms with Crippen molar-refractivity contribution in [3.8, 4) is 0 Å². The van der Waals surface area contributed by atoms with Gasteiger partial charge in [-0.25, -0.2) is 8.42 Å². The van der Waals surface area contributed by atoms with Crippen molar-refractivity contribution in [1.29, 1.82) is 0 Å². The fraction of sp³-hybridized carbons (Fsp3) is 0.550. The van der Waals surface area contributed by atoms with Gasteiger partial charge in [-0.1, -0.05) is 37.3 Å². The van der Waals surface area contributed by atoms with Crippen LogP contribution in [-0.2, 0) is 14.8 Å². The number of carbonyl (C=O) groups is 1. The van der Waals surface area contributed by atoms with Crippen molar-refractivity contribution in [1.82, 2.24) is 14.1 Å². The molecule has 0 unspecified atom stereocenters. The number of sulfonamides is 1. The third-order valence-corrected chi connectivity index (χ3v) is 6.98. The van der Waals surface area contributed by atoms with Gasteiger partial charge in [0.25, 0.3) is 0 Å². The molecular formula is C20H29N3O3S. The first-order valence-corrected chi connectivity index (χ1v) is 11.2. The lowest BCUT2D eigenvalue weighted by molar-refractivity contribution is -0.133. The summed E-state index contributed by atoms with van der Waals surface area (Å²) in [5.74, 6) is 0.857. The van der Waals surface area contributed by atoms with Crippen LogP contribution in [0.5, 0.6) is 0 Å². The number of hydrogen-bond donors (Lipinski definition) is 0. The second-order valence-corrected chi connectivity index (χ2v) is 9.32. The molecular weight excluding hydrogens is 362 g/mol. The molecule has 2 heterocycles. The number of benzene rings is 1. The minimum atomic E-state index is -3.46. The number of nitrogens with zero attached hydrogens (tertiary/aromatic N) is 3. The Morgan fingerprint density at radius 1 is 1.04 bits per heavy atom. The summed E-state index contributed by atoms with van der Waals surface area (Å²) in [4.78, 5) is 16.5. The Kier molecular flexibility index (Phi) is 6.68. The standard InChI is InChI=1S/C20H29N3O3S/c1-18-7-10-21(11-8-18)17-20(24)22-12-14-23(15-13-22)27(25,26)16-9-19-5-3-2-4-6-19/h2-6,9,16,18H,7-8,10-15,17H2,1H3/b16-9-. The van der Waals surface area contributed by atoms with Crippen LogP contribution in [0.3, 0.4) is 0 Å². The SMILES string of the molecule is CC1CCN(CC(=O)N2CCN(S(=O)(=O)/C=C\c3ccccc3)CC2)CC1. The summed E-state index contributed by atoms with van der Waals surface area (Å²) in [6, 6.07) is 9.37. The molecule has 0 saturated carbocycles. The highest BCUT2D eigenvalue weighted by Crippen LogP contribution is 2.16. The van der Waals surface area contributed by atoms with Crippen LogP contribution < -0.4 is 0 Å². The predicted octanol–water partition coefficient (Wildman–Crippen LogP) is 1.86. The molecule has 3 rings (SSSR count). The number of hydrogen-bond acceptors (Lipinski definition) is 4. The summed E-state index contributed by atoms with van der Waals surface area (Å²) >= 11 is 0. The zero-order chi connectivity index (χ0) is 19.3. The lowest BCUT2D eigenvalue weighted by Gasteiger charge is -2.36. The molecule has 0 atom stereocenters. The smallest absolute Gasteiger partial charge is 0.236 e. The van der Waals surface area contributed by atoms with Gasteiger partial charge in [0.2, 0.25) is 15.9 Å². The Hall–Kier alpha value is -1.70. The van der Waals surface area contributed by atoms with Crippen molar-refractivity contribution >= 4 is 22.0 Å². The summed E-state index contributed by atoms with van der Waals surface area (Å²) in [6.07, 6.45) is 3.91. The molecule has 2 saturated heterocycles. The Balaban J connectivity index is 1.49. The first-order chi connectivity index (χ1) is 12.9. The summed E-state index contributed by atoms with van der Waals surface area (Å²) in [5, 5.41) is 1.26. The van der Waals surface area contributed by atoms with Crippen molar-refractivity contribution in [2.75, 3.05) is 45.8 Å². The lowest BCUT2D eigenvalue weighted by Crippen LogP contribution is -2.52. The van der Waals surface area contributed by atoms with Crippen LogP contribution >= 0.6 is 0 Å². The zero-order valence-electron chi connectivity index (χ0n) is 16.0. The number of likely N-dealkylation sites (tertiary alicyclic amines) is 1. The maximum Gasteiger partial charge on any atom is 0.236 e. The summed E-state index contributed by atoms with van der Waals surface area (Å²) in [6.45, 7) is 6.28.